The van der Waals surface area contributed by atoms with Crippen molar-refractivity contribution in [1.29, 1.82) is 0 Å². The summed E-state index contributed by atoms with van der Waals surface area (Å²) in [5.74, 6) is -1.16. The third-order valence-electron chi connectivity index (χ3n) is 2.72. The van der Waals surface area contributed by atoms with E-state index in [1.807, 2.05) is 0 Å². The summed E-state index contributed by atoms with van der Waals surface area (Å²) in [5, 5.41) is 26.7. The van der Waals surface area contributed by atoms with Gasteiger partial charge in [-0.15, -0.1) is 11.8 Å². The molecular weight excluding hydrogens is 267 g/mol. The Bertz CT molecular complexity index is 559. The van der Waals surface area contributed by atoms with Gasteiger partial charge in [-0.1, -0.05) is 0 Å². The van der Waals surface area contributed by atoms with Crippen LogP contribution < -0.4 is 11.2 Å². The molecule has 7 nitrogen and oxygen atoms in total. The highest BCUT2D eigenvalue weighted by molar-refractivity contribution is 8.00. The summed E-state index contributed by atoms with van der Waals surface area (Å²) >= 11 is 0.933. The van der Waals surface area contributed by atoms with Gasteiger partial charge < -0.3 is 15.3 Å². The first kappa shape index (κ1) is 13.3. The molecule has 0 saturated carbocycles. The average Bonchev–Trinajstić information content (AvgIpc) is 2.61. The molecule has 0 aliphatic carbocycles. The van der Waals surface area contributed by atoms with Gasteiger partial charge in [-0.05, 0) is 0 Å². The topological polar surface area (TPSA) is 116 Å². The Morgan fingerprint density at radius 1 is 1.39 bits per heavy atom. The van der Waals surface area contributed by atoms with Gasteiger partial charge in [-0.25, -0.2) is 4.79 Å². The fourth-order valence-corrected chi connectivity index (χ4v) is 3.14. The van der Waals surface area contributed by atoms with Crippen molar-refractivity contribution < 1.29 is 19.7 Å². The van der Waals surface area contributed by atoms with Crippen LogP contribution in [0.3, 0.4) is 0 Å². The van der Waals surface area contributed by atoms with E-state index in [2.05, 4.69) is 0 Å². The maximum absolute atomic E-state index is 13.1. The standard InChI is InChI=1S/C9H11FN2O5S/c10-3-1-12(9(17)11-7(3)16)8-6(15)5(14)4(2-13)18-8/h1,4-6,8,13-15H,2H2,(H,11,16,17)/t4-,5+,6?,8-/m1/s1. The lowest BCUT2D eigenvalue weighted by molar-refractivity contribution is 0.00997. The van der Waals surface area contributed by atoms with Crippen molar-refractivity contribution in [2.24, 2.45) is 0 Å². The Labute approximate surface area is 104 Å². The third-order valence-corrected chi connectivity index (χ3v) is 4.28. The molecule has 2 rings (SSSR count). The Kier molecular flexibility index (Phi) is 3.57. The molecule has 0 spiro atoms. The Morgan fingerprint density at radius 2 is 2.06 bits per heavy atom. The number of nitrogens with one attached hydrogen (secondary N) is 1. The molecule has 0 aromatic carbocycles. The first-order chi connectivity index (χ1) is 8.45. The van der Waals surface area contributed by atoms with Gasteiger partial charge >= 0.3 is 5.69 Å². The van der Waals surface area contributed by atoms with Crippen LogP contribution in [0.15, 0.2) is 15.8 Å². The zero-order chi connectivity index (χ0) is 13.4. The lowest BCUT2D eigenvalue weighted by Gasteiger charge is -2.17. The number of hydrogen-bond acceptors (Lipinski definition) is 6. The van der Waals surface area contributed by atoms with E-state index in [1.165, 1.54) is 0 Å². The highest BCUT2D eigenvalue weighted by Gasteiger charge is 2.43. The normalized spacial score (nSPS) is 31.8. The van der Waals surface area contributed by atoms with Crippen molar-refractivity contribution in [1.82, 2.24) is 9.55 Å². The summed E-state index contributed by atoms with van der Waals surface area (Å²) in [6, 6.07) is 0. The Morgan fingerprint density at radius 3 is 2.61 bits per heavy atom. The molecule has 4 N–H and O–H groups in total. The van der Waals surface area contributed by atoms with Gasteiger partial charge in [0, 0.05) is 0 Å². The number of H-pyrrole nitrogens is 1. The molecule has 2 heterocycles. The predicted octanol–water partition coefficient (Wildman–Crippen LogP) is -2.00. The molecule has 18 heavy (non-hydrogen) atoms. The maximum atomic E-state index is 13.1. The summed E-state index contributed by atoms with van der Waals surface area (Å²) in [5.41, 5.74) is -2.03. The maximum Gasteiger partial charge on any atom is 0.329 e. The number of rotatable bonds is 2. The zero-order valence-electron chi connectivity index (χ0n) is 8.99. The van der Waals surface area contributed by atoms with Crippen molar-refractivity contribution in [2.75, 3.05) is 6.61 Å². The molecule has 0 bridgehead atoms. The predicted molar refractivity (Wildman–Crippen MR) is 60.8 cm³/mol. The van der Waals surface area contributed by atoms with E-state index < -0.39 is 39.9 Å². The van der Waals surface area contributed by atoms with Gasteiger partial charge in [0.1, 0.15) is 11.5 Å². The van der Waals surface area contributed by atoms with Crippen LogP contribution in [0.5, 0.6) is 0 Å². The fourth-order valence-electron chi connectivity index (χ4n) is 1.76. The van der Waals surface area contributed by atoms with Crippen LogP contribution in [0.4, 0.5) is 4.39 Å². The number of halogens is 1. The minimum Gasteiger partial charge on any atom is -0.395 e. The molecule has 9 heteroatoms. The number of aliphatic hydroxyl groups is 3. The van der Waals surface area contributed by atoms with Crippen molar-refractivity contribution in [2.45, 2.75) is 22.8 Å². The number of aromatic nitrogens is 2. The molecule has 1 fully saturated rings. The van der Waals surface area contributed by atoms with Crippen LogP contribution in [-0.2, 0) is 0 Å². The molecule has 4 atom stereocenters. The van der Waals surface area contributed by atoms with E-state index in [0.29, 0.717) is 6.20 Å². The molecule has 1 unspecified atom stereocenters. The lowest BCUT2D eigenvalue weighted by Crippen LogP contribution is -2.38. The van der Waals surface area contributed by atoms with E-state index >= 15 is 0 Å². The number of aromatic amines is 1. The molecule has 100 valence electrons. The molecule has 1 aromatic rings. The number of hydrogen-bond donors (Lipinski definition) is 4. The van der Waals surface area contributed by atoms with E-state index in [-0.39, 0.29) is 6.61 Å². The summed E-state index contributed by atoms with van der Waals surface area (Å²) < 4.78 is 13.9. The largest absolute Gasteiger partial charge is 0.395 e. The van der Waals surface area contributed by atoms with Gasteiger partial charge in [0.05, 0.1) is 24.2 Å². The second-order valence-electron chi connectivity index (χ2n) is 3.87. The van der Waals surface area contributed by atoms with Crippen LogP contribution in [0.1, 0.15) is 5.37 Å². The smallest absolute Gasteiger partial charge is 0.329 e. The average molecular weight is 278 g/mol. The van der Waals surface area contributed by atoms with Gasteiger partial charge in [0.25, 0.3) is 5.56 Å². The number of thioether (sulfide) groups is 1. The van der Waals surface area contributed by atoms with Crippen LogP contribution in [0, 0.1) is 5.82 Å². The fraction of sp³-hybridized carbons (Fsp3) is 0.556. The van der Waals surface area contributed by atoms with Gasteiger partial charge in [0.2, 0.25) is 5.82 Å². The van der Waals surface area contributed by atoms with Gasteiger partial charge in [-0.2, -0.15) is 4.39 Å². The minimum atomic E-state index is -1.34. The summed E-state index contributed by atoms with van der Waals surface area (Å²) in [6.45, 7) is -0.389. The minimum absolute atomic E-state index is 0.389. The molecule has 1 saturated heterocycles. The third kappa shape index (κ3) is 2.09. The van der Waals surface area contributed by atoms with E-state index in [1.54, 1.807) is 4.98 Å². The van der Waals surface area contributed by atoms with Gasteiger partial charge in [0.15, 0.2) is 0 Å². The SMILES string of the molecule is O=c1[nH]c(=O)n([C@@H]2S[C@H](CO)[C@H](O)C2O)cc1F. The second kappa shape index (κ2) is 4.84. The molecule has 1 aromatic heterocycles. The van der Waals surface area contributed by atoms with Gasteiger partial charge in [-0.3, -0.25) is 14.3 Å². The van der Waals surface area contributed by atoms with Crippen LogP contribution in [0.25, 0.3) is 0 Å². The summed E-state index contributed by atoms with van der Waals surface area (Å²) in [6.07, 6.45) is -1.89. The first-order valence-electron chi connectivity index (χ1n) is 5.09. The first-order valence-corrected chi connectivity index (χ1v) is 6.03. The van der Waals surface area contributed by atoms with Crippen LogP contribution in [0.2, 0.25) is 0 Å². The number of aliphatic hydroxyl groups excluding tert-OH is 3. The van der Waals surface area contributed by atoms with Crippen molar-refractivity contribution in [3.63, 3.8) is 0 Å². The molecule has 0 radical (unpaired) electrons. The highest BCUT2D eigenvalue weighted by Crippen LogP contribution is 2.40. The van der Waals surface area contributed by atoms with Crippen molar-refractivity contribution >= 4 is 11.8 Å². The summed E-state index contributed by atoms with van der Waals surface area (Å²) in [7, 11) is 0. The molecule has 1 aliphatic rings. The second-order valence-corrected chi connectivity index (χ2v) is 5.23. The highest BCUT2D eigenvalue weighted by atomic mass is 32.2. The summed E-state index contributed by atoms with van der Waals surface area (Å²) in [4.78, 5) is 24.1. The van der Waals surface area contributed by atoms with E-state index in [9.17, 15) is 24.2 Å². The lowest BCUT2D eigenvalue weighted by atomic mass is 10.1. The van der Waals surface area contributed by atoms with E-state index in [4.69, 9.17) is 5.11 Å². The monoisotopic (exact) mass is 278 g/mol. The molecular formula is C9H11FN2O5S. The van der Waals surface area contributed by atoms with E-state index in [0.717, 1.165) is 16.3 Å². The Hall–Kier alpha value is -1.16. The molecule has 0 amide bonds. The Balaban J connectivity index is 2.42. The molecule has 1 aliphatic heterocycles. The van der Waals surface area contributed by atoms with Crippen LogP contribution >= 0.6 is 11.8 Å². The van der Waals surface area contributed by atoms with Crippen LogP contribution in [-0.4, -0.2) is 48.9 Å². The zero-order valence-corrected chi connectivity index (χ0v) is 9.80. The van der Waals surface area contributed by atoms with Crippen molar-refractivity contribution in [3.05, 3.63) is 32.9 Å². The number of nitrogens with zero attached hydrogens (tertiary/aromatic N) is 1. The van der Waals surface area contributed by atoms with Crippen molar-refractivity contribution in [3.8, 4) is 0 Å². The quantitative estimate of drug-likeness (QED) is 0.497.